The zero-order valence-electron chi connectivity index (χ0n) is 6.09. The standard InChI is InChI=1S/C6H12NSSi/c1-9(2,3)8-5-4-7-6-8/h4-6H,1-3H3/q+1. The van der Waals surface area contributed by atoms with Crippen LogP contribution in [0, 0.1) is 0 Å². The zero-order chi connectivity index (χ0) is 6.91. The van der Waals surface area contributed by atoms with Crippen molar-refractivity contribution in [2.24, 2.45) is 0 Å². The van der Waals surface area contributed by atoms with Crippen molar-refractivity contribution in [1.29, 1.82) is 0 Å². The Bertz CT molecular complexity index is 175. The van der Waals surface area contributed by atoms with E-state index in [4.69, 9.17) is 0 Å². The average Bonchev–Trinajstić information content (AvgIpc) is 2.08. The summed E-state index contributed by atoms with van der Waals surface area (Å²) in [7, 11) is -0.510. The topological polar surface area (TPSA) is 12.9 Å². The van der Waals surface area contributed by atoms with Crippen LogP contribution in [-0.4, -0.2) is 12.2 Å². The van der Waals surface area contributed by atoms with Gasteiger partial charge in [-0.2, -0.15) is 0 Å². The maximum absolute atomic E-state index is 4.07. The summed E-state index contributed by atoms with van der Waals surface area (Å²) < 4.78 is 0. The molecule has 50 valence electrons. The Morgan fingerprint density at radius 2 is 2.00 bits per heavy atom. The van der Waals surface area contributed by atoms with Crippen molar-refractivity contribution in [3.63, 3.8) is 0 Å². The lowest BCUT2D eigenvalue weighted by atomic mass is 11.0. The first kappa shape index (κ1) is 6.96. The Kier molecular flexibility index (Phi) is 1.72. The molecule has 3 heteroatoms. The van der Waals surface area contributed by atoms with Gasteiger partial charge >= 0.3 is 7.22 Å². The van der Waals surface area contributed by atoms with Gasteiger partial charge in [-0.05, 0) is 19.6 Å². The molecule has 1 rings (SSSR count). The van der Waals surface area contributed by atoms with E-state index in [9.17, 15) is 0 Å². The van der Waals surface area contributed by atoms with E-state index in [2.05, 4.69) is 35.5 Å². The number of hydrogen-bond donors (Lipinski definition) is 0. The molecule has 0 saturated carbocycles. The molecular formula is C6H12NSSi+. The van der Waals surface area contributed by atoms with E-state index >= 15 is 0 Å². The molecule has 1 aromatic rings. The van der Waals surface area contributed by atoms with E-state index in [1.807, 2.05) is 6.20 Å². The smallest absolute Gasteiger partial charge is 0.210 e. The van der Waals surface area contributed by atoms with E-state index in [0.717, 1.165) is 0 Å². The maximum atomic E-state index is 4.07. The van der Waals surface area contributed by atoms with E-state index in [1.54, 1.807) is 0 Å². The summed E-state index contributed by atoms with van der Waals surface area (Å²) in [6, 6.07) is 0. The fraction of sp³-hybridized carbons (Fsp3) is 0.500. The molecule has 0 aliphatic heterocycles. The van der Waals surface area contributed by atoms with Crippen LogP contribution in [0.25, 0.3) is 0 Å². The Morgan fingerprint density at radius 3 is 2.22 bits per heavy atom. The molecule has 1 aromatic heterocycles. The summed E-state index contributed by atoms with van der Waals surface area (Å²) in [5.41, 5.74) is 2.09. The fourth-order valence-corrected chi connectivity index (χ4v) is 4.33. The average molecular weight is 158 g/mol. The van der Waals surface area contributed by atoms with Crippen molar-refractivity contribution in [2.45, 2.75) is 19.6 Å². The van der Waals surface area contributed by atoms with Gasteiger partial charge in [-0.1, -0.05) is 9.92 Å². The molecule has 9 heavy (non-hydrogen) atoms. The van der Waals surface area contributed by atoms with Crippen LogP contribution in [0.15, 0.2) is 17.1 Å². The van der Waals surface area contributed by atoms with Gasteiger partial charge in [0.25, 0.3) is 0 Å². The molecule has 0 radical (unpaired) electrons. The van der Waals surface area contributed by atoms with Crippen LogP contribution in [0.2, 0.25) is 19.6 Å². The van der Waals surface area contributed by atoms with E-state index in [1.165, 1.54) is 0 Å². The third-order valence-electron chi connectivity index (χ3n) is 1.18. The highest BCUT2D eigenvalue weighted by Gasteiger charge is 2.28. The third kappa shape index (κ3) is 1.63. The molecule has 1 atom stereocenters. The molecule has 1 heterocycles. The Labute approximate surface area is 59.4 Å². The number of rotatable bonds is 1. The summed E-state index contributed by atoms with van der Waals surface area (Å²) in [5.74, 6) is 0. The highest BCUT2D eigenvalue weighted by Crippen LogP contribution is 2.27. The Morgan fingerprint density at radius 1 is 1.33 bits per heavy atom. The lowest BCUT2D eigenvalue weighted by molar-refractivity contribution is 1.43. The SMILES string of the molecule is C[Si](C)(C)[s+]1ccnc1. The van der Waals surface area contributed by atoms with Crippen LogP contribution in [0.1, 0.15) is 0 Å². The summed E-state index contributed by atoms with van der Waals surface area (Å²) in [6.45, 7) is 7.12. The van der Waals surface area contributed by atoms with Crippen molar-refractivity contribution in [3.05, 3.63) is 17.1 Å². The molecule has 0 spiro atoms. The third-order valence-corrected chi connectivity index (χ3v) is 8.32. The van der Waals surface area contributed by atoms with Crippen LogP contribution in [0.5, 0.6) is 0 Å². The fourth-order valence-electron chi connectivity index (χ4n) is 0.599. The van der Waals surface area contributed by atoms with Gasteiger partial charge in [0.05, 0.1) is 6.20 Å². The molecule has 0 aliphatic rings. The maximum Gasteiger partial charge on any atom is 0.317 e. The van der Waals surface area contributed by atoms with E-state index in [0.29, 0.717) is 9.92 Å². The van der Waals surface area contributed by atoms with Crippen LogP contribution < -0.4 is 0 Å². The van der Waals surface area contributed by atoms with Gasteiger partial charge in [0.2, 0.25) is 5.51 Å². The largest absolute Gasteiger partial charge is 0.317 e. The molecule has 1 nitrogen and oxygen atoms in total. The monoisotopic (exact) mass is 158 g/mol. The molecule has 0 bridgehead atoms. The van der Waals surface area contributed by atoms with Gasteiger partial charge in [-0.25, -0.2) is 4.98 Å². The quantitative estimate of drug-likeness (QED) is 0.452. The van der Waals surface area contributed by atoms with Gasteiger partial charge in [0.15, 0.2) is 0 Å². The number of thiazole rings is 1. The minimum absolute atomic E-state index is 0.422. The normalized spacial score (nSPS) is 13.9. The lowest BCUT2D eigenvalue weighted by Crippen LogP contribution is -2.13. The molecule has 0 fully saturated rings. The van der Waals surface area contributed by atoms with Gasteiger partial charge in [0, 0.05) is 0 Å². The van der Waals surface area contributed by atoms with Crippen molar-refractivity contribution in [2.75, 3.05) is 0 Å². The van der Waals surface area contributed by atoms with E-state index < -0.39 is 7.22 Å². The summed E-state index contributed by atoms with van der Waals surface area (Å²) in [4.78, 5) is 4.07. The van der Waals surface area contributed by atoms with E-state index in [-0.39, 0.29) is 0 Å². The summed E-state index contributed by atoms with van der Waals surface area (Å²) >= 11 is 0. The minimum atomic E-state index is -0.932. The molecular weight excluding hydrogens is 146 g/mol. The van der Waals surface area contributed by atoms with Crippen LogP contribution >= 0.6 is 9.92 Å². The number of nitrogens with zero attached hydrogens (tertiary/aromatic N) is 1. The highest BCUT2D eigenvalue weighted by molar-refractivity contribution is 7.73. The second-order valence-corrected chi connectivity index (χ2v) is 13.6. The predicted octanol–water partition coefficient (Wildman–Crippen LogP) is 2.51. The molecule has 1 unspecified atom stereocenters. The van der Waals surface area contributed by atoms with Gasteiger partial charge in [-0.3, -0.25) is 0 Å². The first-order valence-corrected chi connectivity index (χ1v) is 8.60. The minimum Gasteiger partial charge on any atom is -0.210 e. The molecule has 0 saturated heterocycles. The van der Waals surface area contributed by atoms with Crippen LogP contribution in [-0.2, 0) is 0 Å². The van der Waals surface area contributed by atoms with Gasteiger partial charge in [-0.15, -0.1) is 0 Å². The van der Waals surface area contributed by atoms with Crippen molar-refractivity contribution in [3.8, 4) is 0 Å². The summed E-state index contributed by atoms with van der Waals surface area (Å²) in [5, 5.41) is 2.23. The van der Waals surface area contributed by atoms with Crippen molar-refractivity contribution >= 4 is 17.1 Å². The first-order valence-electron chi connectivity index (χ1n) is 3.03. The molecule has 0 N–H and O–H groups in total. The lowest BCUT2D eigenvalue weighted by Gasteiger charge is -2.00. The Hall–Kier alpha value is -0.153. The zero-order valence-corrected chi connectivity index (χ0v) is 7.90. The van der Waals surface area contributed by atoms with Gasteiger partial charge in [0.1, 0.15) is 5.38 Å². The first-order chi connectivity index (χ1) is 4.11. The van der Waals surface area contributed by atoms with Gasteiger partial charge < -0.3 is 0 Å². The highest BCUT2D eigenvalue weighted by atomic mass is 32.4. The number of aromatic nitrogens is 1. The predicted molar refractivity (Wildman–Crippen MR) is 45.5 cm³/mol. The number of hydrogen-bond acceptors (Lipinski definition) is 1. The molecule has 0 aliphatic carbocycles. The Balaban J connectivity index is 2.90. The molecule has 0 aromatic carbocycles. The van der Waals surface area contributed by atoms with Crippen LogP contribution in [0.4, 0.5) is 0 Å². The second kappa shape index (κ2) is 2.23. The molecule has 0 amide bonds. The van der Waals surface area contributed by atoms with Crippen LogP contribution in [0.3, 0.4) is 0 Å². The van der Waals surface area contributed by atoms with Crippen molar-refractivity contribution < 1.29 is 0 Å². The summed E-state index contributed by atoms with van der Waals surface area (Å²) in [6.07, 6.45) is 1.92. The van der Waals surface area contributed by atoms with Crippen molar-refractivity contribution in [1.82, 2.24) is 4.98 Å². The second-order valence-electron chi connectivity index (χ2n) is 3.02.